The lowest BCUT2D eigenvalue weighted by Gasteiger charge is -2.20. The molecule has 16 aromatic rings. The van der Waals surface area contributed by atoms with Crippen LogP contribution in [0.25, 0.3) is 105 Å². The first-order chi connectivity index (χ1) is 47.4. The van der Waals surface area contributed by atoms with E-state index in [1.807, 2.05) is 24.3 Å². The molecule has 0 fully saturated rings. The zero-order valence-corrected chi connectivity index (χ0v) is 56.0. The molecule has 0 aliphatic heterocycles. The van der Waals surface area contributed by atoms with Crippen LogP contribution in [0.3, 0.4) is 0 Å². The molecule has 96 heavy (non-hydrogen) atoms. The SMILES string of the molecule is COc1ccc(C(=C(c2ccccc2)c2ccccc2)c2ccc(OC)c(-c3nc4ccccc4s3)c2)cc1-c1nc2ccccc2s1.COc1ccc(C(=C(c2ccccc2)c2ccccc2)c2ccc(OC)c(-c3nc4ccccc4s3)c2)cc1-c1nc2ccccc2s1. The number of para-hydroxylation sites is 4. The Morgan fingerprint density at radius 1 is 0.219 bits per heavy atom. The summed E-state index contributed by atoms with van der Waals surface area (Å²) in [6, 6.07) is 101. The molecular formula is C84H60N4O4S4. The Hall–Kier alpha value is -11.1. The van der Waals surface area contributed by atoms with Crippen LogP contribution in [0, 0.1) is 0 Å². The number of aromatic nitrogens is 4. The van der Waals surface area contributed by atoms with E-state index in [1.54, 1.807) is 73.8 Å². The van der Waals surface area contributed by atoms with Crippen LogP contribution in [-0.4, -0.2) is 48.4 Å². The van der Waals surface area contributed by atoms with Crippen molar-refractivity contribution >= 4 is 109 Å². The molecule has 8 nitrogen and oxygen atoms in total. The number of hydrogen-bond donors (Lipinski definition) is 0. The minimum Gasteiger partial charge on any atom is -0.496 e. The molecule has 0 saturated carbocycles. The van der Waals surface area contributed by atoms with Gasteiger partial charge in [0.25, 0.3) is 0 Å². The van der Waals surface area contributed by atoms with Crippen molar-refractivity contribution in [1.82, 2.24) is 19.9 Å². The first-order valence-corrected chi connectivity index (χ1v) is 34.5. The lowest BCUT2D eigenvalue weighted by Crippen LogP contribution is -2.00. The van der Waals surface area contributed by atoms with Gasteiger partial charge in [0, 0.05) is 0 Å². The largest absolute Gasteiger partial charge is 0.496 e. The maximum absolute atomic E-state index is 5.93. The van der Waals surface area contributed by atoms with E-state index in [9.17, 15) is 0 Å². The molecule has 0 amide bonds. The molecule has 12 aromatic carbocycles. The van der Waals surface area contributed by atoms with Crippen molar-refractivity contribution in [1.29, 1.82) is 0 Å². The van der Waals surface area contributed by atoms with Gasteiger partial charge in [-0.25, -0.2) is 19.9 Å². The maximum Gasteiger partial charge on any atom is 0.129 e. The molecule has 0 saturated heterocycles. The quantitative estimate of drug-likeness (QED) is 0.0884. The zero-order valence-electron chi connectivity index (χ0n) is 52.8. The average molecular weight is 1320 g/mol. The van der Waals surface area contributed by atoms with Crippen molar-refractivity contribution in [2.45, 2.75) is 0 Å². The number of ether oxygens (including phenoxy) is 4. The predicted molar refractivity (Wildman–Crippen MR) is 402 cm³/mol. The second-order valence-corrected chi connectivity index (χ2v) is 26.7. The molecule has 0 radical (unpaired) electrons. The van der Waals surface area contributed by atoms with Gasteiger partial charge < -0.3 is 18.9 Å². The highest BCUT2D eigenvalue weighted by Gasteiger charge is 2.25. The summed E-state index contributed by atoms with van der Waals surface area (Å²) >= 11 is 6.69. The van der Waals surface area contributed by atoms with E-state index >= 15 is 0 Å². The van der Waals surface area contributed by atoms with E-state index in [0.29, 0.717) is 0 Å². The second-order valence-electron chi connectivity index (χ2n) is 22.6. The predicted octanol–water partition coefficient (Wildman–Crippen LogP) is 22.5. The highest BCUT2D eigenvalue weighted by molar-refractivity contribution is 7.22. The smallest absolute Gasteiger partial charge is 0.129 e. The Labute approximate surface area is 572 Å². The van der Waals surface area contributed by atoms with E-state index in [4.69, 9.17) is 38.9 Å². The molecule has 0 unspecified atom stereocenters. The highest BCUT2D eigenvalue weighted by Crippen LogP contribution is 2.48. The van der Waals surface area contributed by atoms with Crippen LogP contribution in [0.2, 0.25) is 0 Å². The van der Waals surface area contributed by atoms with E-state index in [-0.39, 0.29) is 0 Å². The summed E-state index contributed by atoms with van der Waals surface area (Å²) in [6.45, 7) is 0. The molecule has 4 aromatic heterocycles. The maximum atomic E-state index is 5.93. The van der Waals surface area contributed by atoms with Crippen LogP contribution < -0.4 is 18.9 Å². The molecule has 0 spiro atoms. The zero-order chi connectivity index (χ0) is 64.9. The number of benzene rings is 12. The summed E-state index contributed by atoms with van der Waals surface area (Å²) in [4.78, 5) is 20.1. The van der Waals surface area contributed by atoms with Gasteiger partial charge in [-0.15, -0.1) is 45.3 Å². The van der Waals surface area contributed by atoms with Crippen molar-refractivity contribution in [3.05, 3.63) is 336 Å². The Bertz CT molecular complexity index is 4730. The number of rotatable bonds is 16. The van der Waals surface area contributed by atoms with Crippen molar-refractivity contribution in [2.75, 3.05) is 28.4 Å². The van der Waals surface area contributed by atoms with E-state index < -0.39 is 0 Å². The van der Waals surface area contributed by atoms with Gasteiger partial charge in [-0.2, -0.15) is 0 Å². The van der Waals surface area contributed by atoms with Crippen LogP contribution in [-0.2, 0) is 0 Å². The fraction of sp³-hybridized carbons (Fsp3) is 0.0476. The normalized spacial score (nSPS) is 11.1. The number of thiazole rings is 4. The van der Waals surface area contributed by atoms with Crippen LogP contribution in [0.1, 0.15) is 44.5 Å². The van der Waals surface area contributed by atoms with Crippen molar-refractivity contribution < 1.29 is 18.9 Å². The van der Waals surface area contributed by atoms with Gasteiger partial charge in [0.1, 0.15) is 43.0 Å². The molecule has 0 atom stereocenters. The minimum absolute atomic E-state index is 0.781. The van der Waals surface area contributed by atoms with E-state index in [0.717, 1.165) is 173 Å². The van der Waals surface area contributed by atoms with Crippen LogP contribution in [0.5, 0.6) is 23.0 Å². The summed E-state index contributed by atoms with van der Waals surface area (Å²) in [5.41, 5.74) is 20.8. The third-order valence-corrected chi connectivity index (χ3v) is 21.1. The van der Waals surface area contributed by atoms with Gasteiger partial charge in [0.15, 0.2) is 0 Å². The molecule has 0 aliphatic rings. The Balaban J connectivity index is 0.000000158. The number of fused-ring (bicyclic) bond motifs is 4. The van der Waals surface area contributed by atoms with E-state index in [1.165, 1.54) is 0 Å². The van der Waals surface area contributed by atoms with Crippen LogP contribution in [0.4, 0.5) is 0 Å². The second kappa shape index (κ2) is 27.4. The van der Waals surface area contributed by atoms with E-state index in [2.05, 4.69) is 267 Å². The van der Waals surface area contributed by atoms with Crippen molar-refractivity contribution in [2.24, 2.45) is 0 Å². The molecule has 0 bridgehead atoms. The van der Waals surface area contributed by atoms with Gasteiger partial charge in [0.2, 0.25) is 0 Å². The monoisotopic (exact) mass is 1320 g/mol. The lowest BCUT2D eigenvalue weighted by atomic mass is 9.84. The third kappa shape index (κ3) is 12.3. The Morgan fingerprint density at radius 3 is 0.625 bits per heavy atom. The summed E-state index contributed by atoms with van der Waals surface area (Å²) in [6.07, 6.45) is 0. The first kappa shape index (κ1) is 61.1. The number of nitrogens with zero attached hydrogens (tertiary/aromatic N) is 4. The molecule has 12 heteroatoms. The lowest BCUT2D eigenvalue weighted by molar-refractivity contribution is 0.416. The standard InChI is InChI=1S/2C42H30N2O2S2/c2*1-45-35-23-21-29(25-31(35)41-43-33-17-9-11-19-37(33)47-41)40(39(27-13-5-3-6-14-27)28-15-7-4-8-16-28)30-22-24-36(46-2)32(26-30)42-44-34-18-10-12-20-38(34)48-42/h2*3-26H,1-2H3. The fourth-order valence-corrected chi connectivity index (χ4v) is 16.3. The molecule has 0 aliphatic carbocycles. The Morgan fingerprint density at radius 2 is 0.417 bits per heavy atom. The van der Waals surface area contributed by atoms with Crippen molar-refractivity contribution in [3.63, 3.8) is 0 Å². The molecule has 464 valence electrons. The van der Waals surface area contributed by atoms with Gasteiger partial charge in [-0.1, -0.05) is 194 Å². The minimum atomic E-state index is 0.781. The fourth-order valence-electron chi connectivity index (χ4n) is 12.3. The number of hydrogen-bond acceptors (Lipinski definition) is 12. The molecule has 4 heterocycles. The van der Waals surface area contributed by atoms with Crippen molar-refractivity contribution in [3.8, 4) is 65.3 Å². The molecule has 0 N–H and O–H groups in total. The summed E-state index contributed by atoms with van der Waals surface area (Å²) in [7, 11) is 6.87. The topological polar surface area (TPSA) is 88.5 Å². The van der Waals surface area contributed by atoms with Gasteiger partial charge >= 0.3 is 0 Å². The van der Waals surface area contributed by atoms with Crippen LogP contribution >= 0.6 is 45.3 Å². The highest BCUT2D eigenvalue weighted by atomic mass is 32.1. The van der Waals surface area contributed by atoms with Gasteiger partial charge in [-0.3, -0.25) is 0 Å². The number of methoxy groups -OCH3 is 4. The Kier molecular flexibility index (Phi) is 17.5. The molecular weight excluding hydrogens is 1260 g/mol. The molecule has 16 rings (SSSR count). The summed E-state index contributed by atoms with van der Waals surface area (Å²) < 4.78 is 28.3. The van der Waals surface area contributed by atoms with Crippen LogP contribution in [0.15, 0.2) is 291 Å². The third-order valence-electron chi connectivity index (χ3n) is 16.8. The van der Waals surface area contributed by atoms with Gasteiger partial charge in [-0.05, 0) is 164 Å². The summed E-state index contributed by atoms with van der Waals surface area (Å²) in [5.74, 6) is 3.12. The average Bonchev–Trinajstić information content (AvgIpc) is 1.10. The first-order valence-electron chi connectivity index (χ1n) is 31.3. The van der Waals surface area contributed by atoms with Gasteiger partial charge in [0.05, 0.1) is 91.6 Å². The summed E-state index contributed by atoms with van der Waals surface area (Å²) in [5, 5.41) is 3.67.